The van der Waals surface area contributed by atoms with Crippen LogP contribution in [0.25, 0.3) is 0 Å². The monoisotopic (exact) mass is 419 g/mol. The zero-order valence-corrected chi connectivity index (χ0v) is 16.7. The van der Waals surface area contributed by atoms with Crippen molar-refractivity contribution in [2.24, 2.45) is 5.10 Å². The lowest BCUT2D eigenvalue weighted by Crippen LogP contribution is -2.25. The predicted molar refractivity (Wildman–Crippen MR) is 113 cm³/mol. The quantitative estimate of drug-likeness (QED) is 0.366. The number of hydrogen-bond donors (Lipinski definition) is 2. The summed E-state index contributed by atoms with van der Waals surface area (Å²) in [5, 5.41) is 7.85. The Kier molecular flexibility index (Phi) is 8.47. The Morgan fingerprint density at radius 1 is 1.25 bits per heavy atom. The van der Waals surface area contributed by atoms with Gasteiger partial charge in [0.1, 0.15) is 6.61 Å². The van der Waals surface area contributed by atoms with Crippen LogP contribution < -0.4 is 20.2 Å². The summed E-state index contributed by atoms with van der Waals surface area (Å²) in [5.74, 6) is 2.89. The van der Waals surface area contributed by atoms with Gasteiger partial charge in [-0.25, -0.2) is 5.43 Å². The highest BCUT2D eigenvalue weighted by Gasteiger charge is 2.12. The minimum absolute atomic E-state index is 0.0583. The number of nitrogens with one attached hydrogen (secondary N) is 2. The number of carbonyl (C=O) groups excluding carboxylic acids is 1. The van der Waals surface area contributed by atoms with E-state index in [0.717, 1.165) is 5.69 Å². The van der Waals surface area contributed by atoms with Crippen molar-refractivity contribution in [2.75, 3.05) is 25.1 Å². The van der Waals surface area contributed by atoms with Crippen molar-refractivity contribution in [3.05, 3.63) is 52.0 Å². The fourth-order valence-corrected chi connectivity index (χ4v) is 2.55. The van der Waals surface area contributed by atoms with E-state index in [1.54, 1.807) is 36.4 Å². The molecule has 28 heavy (non-hydrogen) atoms. The lowest BCUT2D eigenvalue weighted by molar-refractivity contribution is -0.119. The topological polar surface area (TPSA) is 72.0 Å². The van der Waals surface area contributed by atoms with E-state index in [9.17, 15) is 4.79 Å². The Bertz CT molecular complexity index is 878. The number of terminal acetylenes is 1. The van der Waals surface area contributed by atoms with E-state index in [0.29, 0.717) is 33.7 Å². The third-order valence-corrected chi connectivity index (χ3v) is 3.86. The smallest absolute Gasteiger partial charge is 0.259 e. The SMILES string of the molecule is C#CCOc1c(Cl)cc(/C=N\NC(=O)CNc2ccc(Cl)cc2)cc1OCC. The molecule has 0 aliphatic heterocycles. The van der Waals surface area contributed by atoms with E-state index >= 15 is 0 Å². The van der Waals surface area contributed by atoms with E-state index in [4.69, 9.17) is 39.1 Å². The first kappa shape index (κ1) is 21.4. The molecule has 0 atom stereocenters. The van der Waals surface area contributed by atoms with Gasteiger partial charge in [-0.2, -0.15) is 5.10 Å². The van der Waals surface area contributed by atoms with E-state index in [1.165, 1.54) is 6.21 Å². The maximum absolute atomic E-state index is 11.9. The summed E-state index contributed by atoms with van der Waals surface area (Å²) in [6.07, 6.45) is 6.67. The zero-order valence-electron chi connectivity index (χ0n) is 15.2. The number of rotatable bonds is 9. The fraction of sp³-hybridized carbons (Fsp3) is 0.200. The molecule has 6 nitrogen and oxygen atoms in total. The Hall–Kier alpha value is -2.88. The summed E-state index contributed by atoms with van der Waals surface area (Å²) >= 11 is 12.1. The Labute approximate surface area is 173 Å². The highest BCUT2D eigenvalue weighted by molar-refractivity contribution is 6.32. The fourth-order valence-electron chi connectivity index (χ4n) is 2.15. The van der Waals surface area contributed by atoms with Gasteiger partial charge in [0.2, 0.25) is 0 Å². The van der Waals surface area contributed by atoms with Crippen LogP contribution in [0.15, 0.2) is 41.5 Å². The molecular formula is C20H19Cl2N3O3. The second-order valence-corrected chi connectivity index (χ2v) is 6.25. The highest BCUT2D eigenvalue weighted by Crippen LogP contribution is 2.36. The van der Waals surface area contributed by atoms with Crippen LogP contribution in [-0.2, 0) is 4.79 Å². The molecular weight excluding hydrogens is 401 g/mol. The van der Waals surface area contributed by atoms with Gasteiger partial charge in [0.15, 0.2) is 11.5 Å². The van der Waals surface area contributed by atoms with Crippen molar-refractivity contribution in [1.29, 1.82) is 0 Å². The van der Waals surface area contributed by atoms with Gasteiger partial charge in [0.05, 0.1) is 24.4 Å². The summed E-state index contributed by atoms with van der Waals surface area (Å²) in [5.41, 5.74) is 3.84. The Morgan fingerprint density at radius 2 is 2.00 bits per heavy atom. The molecule has 0 saturated carbocycles. The highest BCUT2D eigenvalue weighted by atomic mass is 35.5. The predicted octanol–water partition coefficient (Wildman–Crippen LogP) is 3.97. The molecule has 0 radical (unpaired) electrons. The summed E-state index contributed by atoms with van der Waals surface area (Å²) in [6, 6.07) is 10.4. The molecule has 0 aromatic heterocycles. The van der Waals surface area contributed by atoms with Crippen LogP contribution in [0.3, 0.4) is 0 Å². The van der Waals surface area contributed by atoms with Crippen LogP contribution in [0.2, 0.25) is 10.0 Å². The molecule has 2 rings (SSSR count). The normalized spacial score (nSPS) is 10.4. The van der Waals surface area contributed by atoms with Gasteiger partial charge >= 0.3 is 0 Å². The molecule has 1 amide bonds. The number of benzene rings is 2. The minimum atomic E-state index is -0.309. The molecule has 0 aliphatic rings. The van der Waals surface area contributed by atoms with Crippen molar-refractivity contribution < 1.29 is 14.3 Å². The number of hydrazone groups is 1. The second-order valence-electron chi connectivity index (χ2n) is 5.41. The molecule has 0 bridgehead atoms. The second kappa shape index (κ2) is 11.1. The summed E-state index contributed by atoms with van der Waals surface area (Å²) in [4.78, 5) is 11.9. The number of amides is 1. The minimum Gasteiger partial charge on any atom is -0.490 e. The van der Waals surface area contributed by atoms with Crippen LogP contribution in [0, 0.1) is 12.3 Å². The van der Waals surface area contributed by atoms with E-state index in [1.807, 2.05) is 6.92 Å². The first-order valence-corrected chi connectivity index (χ1v) is 9.13. The van der Waals surface area contributed by atoms with Gasteiger partial charge in [-0.1, -0.05) is 29.1 Å². The van der Waals surface area contributed by atoms with Crippen molar-refractivity contribution in [3.8, 4) is 23.8 Å². The molecule has 0 saturated heterocycles. The molecule has 2 aromatic rings. The average Bonchev–Trinajstić information content (AvgIpc) is 2.67. The molecule has 0 aliphatic carbocycles. The molecule has 0 spiro atoms. The number of carbonyl (C=O) groups is 1. The third-order valence-electron chi connectivity index (χ3n) is 3.33. The summed E-state index contributed by atoms with van der Waals surface area (Å²) < 4.78 is 11.0. The molecule has 8 heteroatoms. The average molecular weight is 420 g/mol. The van der Waals surface area contributed by atoms with Crippen LogP contribution >= 0.6 is 23.2 Å². The van der Waals surface area contributed by atoms with Gasteiger partial charge in [0, 0.05) is 10.7 Å². The molecule has 146 valence electrons. The molecule has 2 aromatic carbocycles. The lowest BCUT2D eigenvalue weighted by atomic mass is 10.2. The van der Waals surface area contributed by atoms with Crippen LogP contribution in [-0.4, -0.2) is 31.9 Å². The summed E-state index contributed by atoms with van der Waals surface area (Å²) in [7, 11) is 0. The van der Waals surface area contributed by atoms with Crippen molar-refractivity contribution in [1.82, 2.24) is 5.43 Å². The number of hydrogen-bond acceptors (Lipinski definition) is 5. The third kappa shape index (κ3) is 6.69. The Balaban J connectivity index is 1.96. The van der Waals surface area contributed by atoms with Gasteiger partial charge in [-0.3, -0.25) is 4.79 Å². The van der Waals surface area contributed by atoms with Gasteiger partial charge in [-0.05, 0) is 48.9 Å². The number of halogens is 2. The maximum Gasteiger partial charge on any atom is 0.259 e. The van der Waals surface area contributed by atoms with Crippen LogP contribution in [0.4, 0.5) is 5.69 Å². The van der Waals surface area contributed by atoms with Gasteiger partial charge in [-0.15, -0.1) is 6.42 Å². The van der Waals surface area contributed by atoms with Crippen molar-refractivity contribution in [2.45, 2.75) is 6.92 Å². The molecule has 2 N–H and O–H groups in total. The van der Waals surface area contributed by atoms with Gasteiger partial charge < -0.3 is 14.8 Å². The first-order chi connectivity index (χ1) is 13.5. The maximum atomic E-state index is 11.9. The number of nitrogens with zero attached hydrogens (tertiary/aromatic N) is 1. The number of ether oxygens (including phenoxy) is 2. The first-order valence-electron chi connectivity index (χ1n) is 8.37. The van der Waals surface area contributed by atoms with Crippen LogP contribution in [0.5, 0.6) is 11.5 Å². The Morgan fingerprint density at radius 3 is 2.68 bits per heavy atom. The number of anilines is 1. The molecule has 0 heterocycles. The van der Waals surface area contributed by atoms with Gasteiger partial charge in [0.25, 0.3) is 5.91 Å². The van der Waals surface area contributed by atoms with E-state index in [-0.39, 0.29) is 19.1 Å². The molecule has 0 unspecified atom stereocenters. The van der Waals surface area contributed by atoms with E-state index < -0.39 is 0 Å². The standard InChI is InChI=1S/C20H19Cl2N3O3/c1-3-9-28-20-17(22)10-14(11-18(20)27-4-2)12-24-25-19(26)13-23-16-7-5-15(21)6-8-16/h1,5-8,10-12,23H,4,9,13H2,2H3,(H,25,26)/b24-12-. The summed E-state index contributed by atoms with van der Waals surface area (Å²) in [6.45, 7) is 2.40. The van der Waals surface area contributed by atoms with Crippen molar-refractivity contribution in [3.63, 3.8) is 0 Å². The van der Waals surface area contributed by atoms with E-state index in [2.05, 4.69) is 21.8 Å². The van der Waals surface area contributed by atoms with Crippen LogP contribution in [0.1, 0.15) is 12.5 Å². The van der Waals surface area contributed by atoms with Crippen molar-refractivity contribution >= 4 is 41.0 Å². The molecule has 0 fully saturated rings. The lowest BCUT2D eigenvalue weighted by Gasteiger charge is -2.12. The largest absolute Gasteiger partial charge is 0.490 e. The zero-order chi connectivity index (χ0) is 20.4.